The Hall–Kier alpha value is -0.860. The Bertz CT molecular complexity index is 377. The molecule has 0 amide bonds. The van der Waals surface area contributed by atoms with Gasteiger partial charge in [0.05, 0.1) is 11.6 Å². The number of benzene rings is 1. The zero-order valence-corrected chi connectivity index (χ0v) is 11.8. The van der Waals surface area contributed by atoms with Gasteiger partial charge in [-0.25, -0.2) is 0 Å². The molecule has 18 heavy (non-hydrogen) atoms. The van der Waals surface area contributed by atoms with Crippen LogP contribution in [0.5, 0.6) is 0 Å². The maximum atomic E-state index is 6.41. The topological polar surface area (TPSA) is 35.2 Å². The molecule has 0 bridgehead atoms. The fraction of sp³-hybridized carbons (Fsp3) is 0.625. The van der Waals surface area contributed by atoms with Gasteiger partial charge in [0.2, 0.25) is 0 Å². The molecule has 100 valence electrons. The van der Waals surface area contributed by atoms with Crippen LogP contribution in [-0.4, -0.2) is 12.2 Å². The van der Waals surface area contributed by atoms with Gasteiger partial charge in [0, 0.05) is 6.61 Å². The van der Waals surface area contributed by atoms with Gasteiger partial charge < -0.3 is 10.5 Å². The first kappa shape index (κ1) is 13.6. The van der Waals surface area contributed by atoms with Crippen molar-refractivity contribution in [2.75, 3.05) is 6.61 Å². The standard InChI is InChI=1S/C16H25NO/c1-12(2)13-6-8-14(9-7-13)15(17)16(3)10-4-5-11-18-16/h6-9,12,15H,4-5,10-11,17H2,1-3H3. The van der Waals surface area contributed by atoms with Crippen molar-refractivity contribution in [3.8, 4) is 0 Å². The van der Waals surface area contributed by atoms with Gasteiger partial charge in [-0.1, -0.05) is 38.1 Å². The second-order valence-corrected chi connectivity index (χ2v) is 5.92. The predicted molar refractivity (Wildman–Crippen MR) is 75.7 cm³/mol. The molecule has 1 fully saturated rings. The lowest BCUT2D eigenvalue weighted by molar-refractivity contribution is -0.0820. The van der Waals surface area contributed by atoms with Gasteiger partial charge in [0.25, 0.3) is 0 Å². The van der Waals surface area contributed by atoms with Crippen LogP contribution in [0, 0.1) is 0 Å². The first-order valence-corrected chi connectivity index (χ1v) is 7.02. The van der Waals surface area contributed by atoms with Crippen LogP contribution in [0.2, 0.25) is 0 Å². The largest absolute Gasteiger partial charge is 0.373 e. The van der Waals surface area contributed by atoms with Crippen LogP contribution in [0.25, 0.3) is 0 Å². The summed E-state index contributed by atoms with van der Waals surface area (Å²) < 4.78 is 5.93. The van der Waals surface area contributed by atoms with Crippen LogP contribution in [0.1, 0.15) is 63.1 Å². The summed E-state index contributed by atoms with van der Waals surface area (Å²) in [4.78, 5) is 0. The van der Waals surface area contributed by atoms with Gasteiger partial charge in [-0.3, -0.25) is 0 Å². The number of hydrogen-bond acceptors (Lipinski definition) is 2. The summed E-state index contributed by atoms with van der Waals surface area (Å²) in [6, 6.07) is 8.66. The molecule has 0 aromatic heterocycles. The minimum absolute atomic E-state index is 0.0287. The van der Waals surface area contributed by atoms with Crippen molar-refractivity contribution >= 4 is 0 Å². The summed E-state index contributed by atoms with van der Waals surface area (Å²) in [5, 5.41) is 0. The highest BCUT2D eigenvalue weighted by atomic mass is 16.5. The Morgan fingerprint density at radius 1 is 1.11 bits per heavy atom. The molecule has 2 unspecified atom stereocenters. The Balaban J connectivity index is 2.15. The molecule has 2 atom stereocenters. The number of nitrogens with two attached hydrogens (primary N) is 1. The molecule has 1 heterocycles. The molecule has 0 radical (unpaired) electrons. The zero-order valence-electron chi connectivity index (χ0n) is 11.8. The second kappa shape index (κ2) is 5.41. The zero-order chi connectivity index (χ0) is 13.2. The third-order valence-corrected chi connectivity index (χ3v) is 4.12. The molecular formula is C16H25NO. The summed E-state index contributed by atoms with van der Waals surface area (Å²) in [6.45, 7) is 7.41. The monoisotopic (exact) mass is 247 g/mol. The summed E-state index contributed by atoms with van der Waals surface area (Å²) in [5.74, 6) is 0.566. The van der Waals surface area contributed by atoms with Gasteiger partial charge >= 0.3 is 0 Å². The van der Waals surface area contributed by atoms with Crippen molar-refractivity contribution in [2.24, 2.45) is 5.73 Å². The Labute approximate surface area is 111 Å². The van der Waals surface area contributed by atoms with E-state index >= 15 is 0 Å². The molecule has 1 aromatic carbocycles. The van der Waals surface area contributed by atoms with E-state index in [2.05, 4.69) is 45.0 Å². The number of rotatable bonds is 3. The quantitative estimate of drug-likeness (QED) is 0.882. The summed E-state index contributed by atoms with van der Waals surface area (Å²) in [5.41, 5.74) is 8.75. The van der Waals surface area contributed by atoms with Gasteiger partial charge in [0.15, 0.2) is 0 Å². The van der Waals surface area contributed by atoms with Crippen LogP contribution in [0.4, 0.5) is 0 Å². The van der Waals surface area contributed by atoms with E-state index in [0.29, 0.717) is 5.92 Å². The van der Waals surface area contributed by atoms with Crippen molar-refractivity contribution in [3.63, 3.8) is 0 Å². The van der Waals surface area contributed by atoms with E-state index in [1.165, 1.54) is 17.5 Å². The lowest BCUT2D eigenvalue weighted by Gasteiger charge is -2.39. The normalized spacial score (nSPS) is 26.3. The first-order chi connectivity index (χ1) is 8.53. The van der Waals surface area contributed by atoms with E-state index in [0.717, 1.165) is 19.4 Å². The van der Waals surface area contributed by atoms with Crippen LogP contribution in [-0.2, 0) is 4.74 Å². The fourth-order valence-corrected chi connectivity index (χ4v) is 2.64. The van der Waals surface area contributed by atoms with Crippen molar-refractivity contribution in [3.05, 3.63) is 35.4 Å². The van der Waals surface area contributed by atoms with E-state index in [4.69, 9.17) is 10.5 Å². The van der Waals surface area contributed by atoms with Crippen LogP contribution < -0.4 is 5.73 Å². The smallest absolute Gasteiger partial charge is 0.0846 e. The van der Waals surface area contributed by atoms with Gasteiger partial charge in [-0.2, -0.15) is 0 Å². The molecule has 2 rings (SSSR count). The van der Waals surface area contributed by atoms with E-state index in [9.17, 15) is 0 Å². The third kappa shape index (κ3) is 2.76. The molecule has 0 spiro atoms. The molecule has 2 nitrogen and oxygen atoms in total. The summed E-state index contributed by atoms with van der Waals surface area (Å²) >= 11 is 0. The molecule has 0 aliphatic carbocycles. The van der Waals surface area contributed by atoms with Crippen molar-refractivity contribution in [1.29, 1.82) is 0 Å². The van der Waals surface area contributed by atoms with Crippen LogP contribution in [0.15, 0.2) is 24.3 Å². The van der Waals surface area contributed by atoms with E-state index in [1.54, 1.807) is 0 Å². The Morgan fingerprint density at radius 3 is 2.22 bits per heavy atom. The third-order valence-electron chi connectivity index (χ3n) is 4.12. The first-order valence-electron chi connectivity index (χ1n) is 7.02. The lowest BCUT2D eigenvalue weighted by atomic mass is 9.84. The Kier molecular flexibility index (Phi) is 4.08. The average Bonchev–Trinajstić information content (AvgIpc) is 2.39. The minimum atomic E-state index is -0.197. The maximum Gasteiger partial charge on any atom is 0.0846 e. The van der Waals surface area contributed by atoms with Crippen LogP contribution >= 0.6 is 0 Å². The highest BCUT2D eigenvalue weighted by molar-refractivity contribution is 5.28. The minimum Gasteiger partial charge on any atom is -0.373 e. The second-order valence-electron chi connectivity index (χ2n) is 5.92. The highest BCUT2D eigenvalue weighted by Crippen LogP contribution is 2.35. The van der Waals surface area contributed by atoms with Gasteiger partial charge in [0.1, 0.15) is 0 Å². The summed E-state index contributed by atoms with van der Waals surface area (Å²) in [6.07, 6.45) is 3.43. The van der Waals surface area contributed by atoms with Crippen molar-refractivity contribution in [2.45, 2.75) is 57.6 Å². The Morgan fingerprint density at radius 2 is 1.72 bits per heavy atom. The average molecular weight is 247 g/mol. The van der Waals surface area contributed by atoms with Crippen LogP contribution in [0.3, 0.4) is 0 Å². The molecule has 0 saturated carbocycles. The maximum absolute atomic E-state index is 6.41. The molecule has 1 aliphatic heterocycles. The molecule has 2 N–H and O–H groups in total. The van der Waals surface area contributed by atoms with E-state index in [1.807, 2.05) is 0 Å². The molecule has 2 heteroatoms. The van der Waals surface area contributed by atoms with Gasteiger partial charge in [-0.05, 0) is 43.2 Å². The highest BCUT2D eigenvalue weighted by Gasteiger charge is 2.35. The predicted octanol–water partition coefficient (Wildman–Crippen LogP) is 3.77. The van der Waals surface area contributed by atoms with Crippen molar-refractivity contribution in [1.82, 2.24) is 0 Å². The molecule has 1 saturated heterocycles. The number of ether oxygens (including phenoxy) is 1. The SMILES string of the molecule is CC(C)c1ccc(C(N)C2(C)CCCCO2)cc1. The summed E-state index contributed by atoms with van der Waals surface area (Å²) in [7, 11) is 0. The number of hydrogen-bond donors (Lipinski definition) is 1. The molecular weight excluding hydrogens is 222 g/mol. The van der Waals surface area contributed by atoms with E-state index < -0.39 is 0 Å². The molecule has 1 aliphatic rings. The van der Waals surface area contributed by atoms with E-state index in [-0.39, 0.29) is 11.6 Å². The van der Waals surface area contributed by atoms with Crippen molar-refractivity contribution < 1.29 is 4.74 Å². The fourth-order valence-electron chi connectivity index (χ4n) is 2.64. The molecule has 1 aromatic rings. The lowest BCUT2D eigenvalue weighted by Crippen LogP contribution is -2.43. The van der Waals surface area contributed by atoms with Gasteiger partial charge in [-0.15, -0.1) is 0 Å².